The average Bonchev–Trinajstić information content (AvgIpc) is 2.93. The van der Waals surface area contributed by atoms with Gasteiger partial charge in [-0.1, -0.05) is 42.5 Å². The summed E-state index contributed by atoms with van der Waals surface area (Å²) in [6.07, 6.45) is 1.03. The van der Waals surface area contributed by atoms with Gasteiger partial charge in [-0.3, -0.25) is 4.79 Å². The van der Waals surface area contributed by atoms with Crippen molar-refractivity contribution in [2.45, 2.75) is 12.5 Å². The van der Waals surface area contributed by atoms with Crippen LogP contribution < -0.4 is 5.32 Å². The zero-order chi connectivity index (χ0) is 14.7. The van der Waals surface area contributed by atoms with Crippen molar-refractivity contribution >= 4 is 5.91 Å². The summed E-state index contributed by atoms with van der Waals surface area (Å²) in [5.41, 5.74) is 2.94. The first-order chi connectivity index (χ1) is 10.2. The molecule has 2 aromatic carbocycles. The summed E-state index contributed by atoms with van der Waals surface area (Å²) in [6, 6.07) is 18.2. The number of rotatable bonds is 3. The largest absolute Gasteiger partial charge is 0.348 e. The van der Waals surface area contributed by atoms with Crippen LogP contribution in [-0.4, -0.2) is 37.0 Å². The molecule has 0 saturated carbocycles. The highest BCUT2D eigenvalue weighted by molar-refractivity contribution is 5.95. The lowest BCUT2D eigenvalue weighted by atomic mass is 10.0. The van der Waals surface area contributed by atoms with Gasteiger partial charge in [-0.15, -0.1) is 0 Å². The van der Waals surface area contributed by atoms with Gasteiger partial charge in [0.1, 0.15) is 0 Å². The Bertz CT molecular complexity index is 624. The molecule has 1 amide bonds. The van der Waals surface area contributed by atoms with Gasteiger partial charge in [-0.25, -0.2) is 0 Å². The summed E-state index contributed by atoms with van der Waals surface area (Å²) >= 11 is 0. The lowest BCUT2D eigenvalue weighted by Crippen LogP contribution is -2.36. The molecule has 0 spiro atoms. The van der Waals surface area contributed by atoms with Crippen LogP contribution in [0.1, 0.15) is 16.8 Å². The van der Waals surface area contributed by atoms with Crippen LogP contribution >= 0.6 is 0 Å². The number of nitrogens with one attached hydrogen (secondary N) is 1. The van der Waals surface area contributed by atoms with E-state index in [0.29, 0.717) is 0 Å². The Hall–Kier alpha value is -2.13. The van der Waals surface area contributed by atoms with Gasteiger partial charge in [-0.2, -0.15) is 0 Å². The van der Waals surface area contributed by atoms with Gasteiger partial charge in [0, 0.05) is 18.2 Å². The number of carbonyl (C=O) groups is 1. The van der Waals surface area contributed by atoms with Crippen molar-refractivity contribution in [3.63, 3.8) is 0 Å². The van der Waals surface area contributed by atoms with Crippen molar-refractivity contribution in [3.8, 4) is 11.1 Å². The van der Waals surface area contributed by atoms with E-state index >= 15 is 0 Å². The van der Waals surface area contributed by atoms with Gasteiger partial charge in [-0.05, 0) is 43.3 Å². The molecule has 3 nitrogen and oxygen atoms in total. The lowest BCUT2D eigenvalue weighted by Gasteiger charge is -2.13. The molecular weight excluding hydrogens is 260 g/mol. The SMILES string of the molecule is CN1CCC(NC(=O)c2cccc(-c3ccccc3)c2)C1. The fraction of sp³-hybridized carbons (Fsp3) is 0.278. The van der Waals surface area contributed by atoms with Crippen LogP contribution in [-0.2, 0) is 0 Å². The highest BCUT2D eigenvalue weighted by atomic mass is 16.1. The minimum atomic E-state index is 0.0214. The van der Waals surface area contributed by atoms with Crippen LogP contribution in [0.2, 0.25) is 0 Å². The van der Waals surface area contributed by atoms with Crippen LogP contribution in [0.4, 0.5) is 0 Å². The summed E-state index contributed by atoms with van der Waals surface area (Å²) in [6.45, 7) is 1.99. The molecule has 2 aromatic rings. The maximum absolute atomic E-state index is 12.4. The van der Waals surface area contributed by atoms with E-state index in [-0.39, 0.29) is 11.9 Å². The molecule has 1 atom stereocenters. The van der Waals surface area contributed by atoms with Gasteiger partial charge in [0.15, 0.2) is 0 Å². The molecule has 3 heteroatoms. The maximum Gasteiger partial charge on any atom is 0.251 e. The first-order valence-corrected chi connectivity index (χ1v) is 7.37. The summed E-state index contributed by atoms with van der Waals surface area (Å²) in [5, 5.41) is 3.12. The second kappa shape index (κ2) is 6.10. The molecule has 0 radical (unpaired) electrons. The number of likely N-dealkylation sites (tertiary alicyclic amines) is 1. The number of hydrogen-bond donors (Lipinski definition) is 1. The first-order valence-electron chi connectivity index (χ1n) is 7.37. The molecule has 108 valence electrons. The predicted octanol–water partition coefficient (Wildman–Crippen LogP) is 2.79. The van der Waals surface area contributed by atoms with E-state index in [4.69, 9.17) is 0 Å². The molecule has 3 rings (SSSR count). The minimum absolute atomic E-state index is 0.0214. The Labute approximate surface area is 125 Å². The molecule has 0 aromatic heterocycles. The van der Waals surface area contributed by atoms with Crippen molar-refractivity contribution in [2.24, 2.45) is 0 Å². The van der Waals surface area contributed by atoms with Crippen molar-refractivity contribution in [2.75, 3.05) is 20.1 Å². The van der Waals surface area contributed by atoms with E-state index < -0.39 is 0 Å². The zero-order valence-corrected chi connectivity index (χ0v) is 12.3. The summed E-state index contributed by atoms with van der Waals surface area (Å²) in [5.74, 6) is 0.0214. The first kappa shape index (κ1) is 13.8. The Balaban J connectivity index is 1.75. The van der Waals surface area contributed by atoms with Crippen LogP contribution in [0, 0.1) is 0 Å². The molecule has 1 fully saturated rings. The van der Waals surface area contributed by atoms with E-state index in [0.717, 1.165) is 36.2 Å². The molecule has 1 aliphatic rings. The summed E-state index contributed by atoms with van der Waals surface area (Å²) < 4.78 is 0. The average molecular weight is 280 g/mol. The van der Waals surface area contributed by atoms with Gasteiger partial charge in [0.25, 0.3) is 5.91 Å². The molecule has 1 saturated heterocycles. The molecular formula is C18H20N2O. The van der Waals surface area contributed by atoms with Crippen LogP contribution in [0.25, 0.3) is 11.1 Å². The second-order valence-corrected chi connectivity index (χ2v) is 5.67. The maximum atomic E-state index is 12.4. The van der Waals surface area contributed by atoms with E-state index in [2.05, 4.69) is 29.4 Å². The zero-order valence-electron chi connectivity index (χ0n) is 12.3. The van der Waals surface area contributed by atoms with Gasteiger partial charge >= 0.3 is 0 Å². The third-order valence-corrected chi connectivity index (χ3v) is 3.96. The Morgan fingerprint density at radius 1 is 1.10 bits per heavy atom. The number of hydrogen-bond acceptors (Lipinski definition) is 2. The number of carbonyl (C=O) groups excluding carboxylic acids is 1. The third-order valence-electron chi connectivity index (χ3n) is 3.96. The molecule has 0 bridgehead atoms. The monoisotopic (exact) mass is 280 g/mol. The highest BCUT2D eigenvalue weighted by Gasteiger charge is 2.21. The normalized spacial score (nSPS) is 18.6. The van der Waals surface area contributed by atoms with Crippen molar-refractivity contribution in [1.29, 1.82) is 0 Å². The van der Waals surface area contributed by atoms with Crippen molar-refractivity contribution in [1.82, 2.24) is 10.2 Å². The van der Waals surface area contributed by atoms with Gasteiger partial charge < -0.3 is 10.2 Å². The molecule has 1 heterocycles. The summed E-state index contributed by atoms with van der Waals surface area (Å²) in [7, 11) is 2.09. The number of amides is 1. The van der Waals surface area contributed by atoms with Crippen LogP contribution in [0.5, 0.6) is 0 Å². The fourth-order valence-electron chi connectivity index (χ4n) is 2.79. The molecule has 21 heavy (non-hydrogen) atoms. The quantitative estimate of drug-likeness (QED) is 0.937. The van der Waals surface area contributed by atoms with Crippen molar-refractivity contribution < 1.29 is 4.79 Å². The molecule has 0 aliphatic carbocycles. The standard InChI is InChI=1S/C18H20N2O/c1-20-11-10-17(13-20)19-18(21)16-9-5-8-15(12-16)14-6-3-2-4-7-14/h2-9,12,17H,10-11,13H2,1H3,(H,19,21). The fourth-order valence-corrected chi connectivity index (χ4v) is 2.79. The summed E-state index contributed by atoms with van der Waals surface area (Å²) in [4.78, 5) is 14.6. The van der Waals surface area contributed by atoms with Crippen LogP contribution in [0.15, 0.2) is 54.6 Å². The van der Waals surface area contributed by atoms with Crippen LogP contribution in [0.3, 0.4) is 0 Å². The number of benzene rings is 2. The molecule has 1 N–H and O–H groups in total. The highest BCUT2D eigenvalue weighted by Crippen LogP contribution is 2.20. The third kappa shape index (κ3) is 3.31. The Morgan fingerprint density at radius 2 is 1.86 bits per heavy atom. The lowest BCUT2D eigenvalue weighted by molar-refractivity contribution is 0.0938. The van der Waals surface area contributed by atoms with Crippen molar-refractivity contribution in [3.05, 3.63) is 60.2 Å². The van der Waals surface area contributed by atoms with Gasteiger partial charge in [0.05, 0.1) is 0 Å². The number of likely N-dealkylation sites (N-methyl/N-ethyl adjacent to an activating group) is 1. The Morgan fingerprint density at radius 3 is 2.57 bits per heavy atom. The van der Waals surface area contributed by atoms with E-state index in [1.165, 1.54) is 0 Å². The second-order valence-electron chi connectivity index (χ2n) is 5.67. The minimum Gasteiger partial charge on any atom is -0.348 e. The van der Waals surface area contributed by atoms with E-state index in [1.807, 2.05) is 42.5 Å². The molecule has 1 unspecified atom stereocenters. The van der Waals surface area contributed by atoms with E-state index in [9.17, 15) is 4.79 Å². The van der Waals surface area contributed by atoms with Gasteiger partial charge in [0.2, 0.25) is 0 Å². The number of nitrogens with zero attached hydrogens (tertiary/aromatic N) is 1. The Kier molecular flexibility index (Phi) is 4.02. The van der Waals surface area contributed by atoms with E-state index in [1.54, 1.807) is 0 Å². The molecule has 1 aliphatic heterocycles. The smallest absolute Gasteiger partial charge is 0.251 e. The topological polar surface area (TPSA) is 32.3 Å². The predicted molar refractivity (Wildman–Crippen MR) is 85.2 cm³/mol.